The number of rotatable bonds is 4. The Morgan fingerprint density at radius 1 is 1.25 bits per heavy atom. The summed E-state index contributed by atoms with van der Waals surface area (Å²) >= 11 is 6.22. The third kappa shape index (κ3) is 3.82. The first-order chi connectivity index (χ1) is 13.7. The van der Waals surface area contributed by atoms with Crippen LogP contribution in [-0.4, -0.2) is 61.8 Å². The molecule has 146 valence electrons. The van der Waals surface area contributed by atoms with Crippen LogP contribution in [0, 0.1) is 0 Å². The monoisotopic (exact) mass is 400 g/mol. The van der Waals surface area contributed by atoms with Gasteiger partial charge in [-0.2, -0.15) is 0 Å². The second-order valence-corrected chi connectivity index (χ2v) is 7.16. The van der Waals surface area contributed by atoms with E-state index >= 15 is 0 Å². The van der Waals surface area contributed by atoms with Gasteiger partial charge in [-0.05, 0) is 37.4 Å². The Hall–Kier alpha value is -2.61. The molecule has 1 atom stereocenters. The molecule has 28 heavy (non-hydrogen) atoms. The summed E-state index contributed by atoms with van der Waals surface area (Å²) in [6, 6.07) is 13.6. The average molecular weight is 401 g/mol. The molecule has 1 unspecified atom stereocenters. The van der Waals surface area contributed by atoms with Gasteiger partial charge in [0.2, 0.25) is 0 Å². The van der Waals surface area contributed by atoms with E-state index in [1.165, 1.54) is 0 Å². The highest BCUT2D eigenvalue weighted by atomic mass is 35.5. The molecule has 2 aromatic rings. The van der Waals surface area contributed by atoms with Gasteiger partial charge in [-0.3, -0.25) is 4.79 Å². The highest BCUT2D eigenvalue weighted by molar-refractivity contribution is 6.31. The van der Waals surface area contributed by atoms with Gasteiger partial charge in [0.25, 0.3) is 6.47 Å². The number of fused-ring (bicyclic) bond motifs is 2. The number of ether oxygens (including phenoxy) is 2. The number of para-hydroxylation sites is 1. The van der Waals surface area contributed by atoms with Gasteiger partial charge >= 0.3 is 0 Å². The number of amidine groups is 1. The molecule has 1 N–H and O–H groups in total. The molecular weight excluding hydrogens is 380 g/mol. The largest absolute Gasteiger partial charge is 0.441 e. The molecule has 1 fully saturated rings. The van der Waals surface area contributed by atoms with Crippen molar-refractivity contribution in [2.45, 2.75) is 6.23 Å². The van der Waals surface area contributed by atoms with Crippen molar-refractivity contribution in [3.05, 3.63) is 53.1 Å². The molecule has 0 radical (unpaired) electrons. The minimum atomic E-state index is -0.300. The Kier molecular flexibility index (Phi) is 5.47. The Morgan fingerprint density at radius 2 is 2.11 bits per heavy atom. The third-order valence-corrected chi connectivity index (χ3v) is 5.07. The number of hydrogen-bond donors (Lipinski definition) is 1. The summed E-state index contributed by atoms with van der Waals surface area (Å²) in [6.45, 7) is 2.54. The highest BCUT2D eigenvalue weighted by Gasteiger charge is 2.31. The van der Waals surface area contributed by atoms with Gasteiger partial charge in [-0.15, -0.1) is 0 Å². The zero-order chi connectivity index (χ0) is 19.5. The summed E-state index contributed by atoms with van der Waals surface area (Å²) in [7, 11) is 2.04. The number of halogens is 1. The Balaban J connectivity index is 1.77. The first kappa shape index (κ1) is 18.7. The molecule has 8 heteroatoms. The number of carbonyl (C=O) groups is 1. The fourth-order valence-electron chi connectivity index (χ4n) is 3.44. The highest BCUT2D eigenvalue weighted by Crippen LogP contribution is 2.37. The molecular formula is C20H21ClN4O3. The third-order valence-electron chi connectivity index (χ3n) is 4.83. The summed E-state index contributed by atoms with van der Waals surface area (Å²) in [4.78, 5) is 19.7. The van der Waals surface area contributed by atoms with E-state index in [1.54, 1.807) is 0 Å². The first-order valence-corrected chi connectivity index (χ1v) is 9.40. The van der Waals surface area contributed by atoms with E-state index < -0.39 is 0 Å². The zero-order valence-corrected chi connectivity index (χ0v) is 16.2. The fourth-order valence-corrected chi connectivity index (χ4v) is 3.60. The Labute approximate surface area is 168 Å². The number of nitrogens with zero attached hydrogens (tertiary/aromatic N) is 3. The van der Waals surface area contributed by atoms with Gasteiger partial charge in [-0.25, -0.2) is 4.99 Å². The summed E-state index contributed by atoms with van der Waals surface area (Å²) < 4.78 is 10.6. The second-order valence-electron chi connectivity index (χ2n) is 6.73. The Morgan fingerprint density at radius 3 is 2.96 bits per heavy atom. The molecule has 1 saturated heterocycles. The molecule has 4 rings (SSSR count). The Bertz CT molecular complexity index is 905. The van der Waals surface area contributed by atoms with E-state index in [2.05, 4.69) is 15.1 Å². The van der Waals surface area contributed by atoms with Crippen molar-refractivity contribution < 1.29 is 14.3 Å². The van der Waals surface area contributed by atoms with E-state index in [0.717, 1.165) is 41.6 Å². The predicted octanol–water partition coefficient (Wildman–Crippen LogP) is 3.20. The maximum Gasteiger partial charge on any atom is 0.295 e. The van der Waals surface area contributed by atoms with Gasteiger partial charge < -0.3 is 24.6 Å². The van der Waals surface area contributed by atoms with Crippen molar-refractivity contribution in [3.63, 3.8) is 0 Å². The molecule has 0 spiro atoms. The van der Waals surface area contributed by atoms with Crippen molar-refractivity contribution >= 4 is 41.0 Å². The molecule has 2 aromatic carbocycles. The molecule has 0 aromatic heterocycles. The van der Waals surface area contributed by atoms with Crippen LogP contribution < -0.4 is 5.32 Å². The van der Waals surface area contributed by atoms with E-state index in [9.17, 15) is 4.79 Å². The smallest absolute Gasteiger partial charge is 0.295 e. The summed E-state index contributed by atoms with van der Waals surface area (Å²) in [6.07, 6.45) is -0.300. The maximum atomic E-state index is 10.5. The number of likely N-dealkylation sites (N-methyl/N-ethyl adjacent to an activating group) is 1. The van der Waals surface area contributed by atoms with Gasteiger partial charge in [0, 0.05) is 35.9 Å². The van der Waals surface area contributed by atoms with Crippen LogP contribution in [0.2, 0.25) is 5.02 Å². The van der Waals surface area contributed by atoms with Crippen molar-refractivity contribution in [1.82, 2.24) is 9.80 Å². The lowest BCUT2D eigenvalue weighted by Crippen LogP contribution is -2.55. The van der Waals surface area contributed by atoms with Crippen LogP contribution in [0.25, 0.3) is 0 Å². The lowest BCUT2D eigenvalue weighted by Gasteiger charge is -2.41. The fraction of sp³-hybridized carbons (Fsp3) is 0.300. The molecule has 7 nitrogen and oxygen atoms in total. The average Bonchev–Trinajstić information content (AvgIpc) is 2.85. The van der Waals surface area contributed by atoms with Crippen LogP contribution in [0.1, 0.15) is 5.56 Å². The van der Waals surface area contributed by atoms with Gasteiger partial charge in [0.15, 0.2) is 6.79 Å². The number of nitrogens with one attached hydrogen (secondary N) is 1. The zero-order valence-electron chi connectivity index (χ0n) is 15.5. The lowest BCUT2D eigenvalue weighted by molar-refractivity contribution is -0.159. The van der Waals surface area contributed by atoms with Crippen LogP contribution >= 0.6 is 11.6 Å². The van der Waals surface area contributed by atoms with Crippen molar-refractivity contribution in [1.29, 1.82) is 0 Å². The lowest BCUT2D eigenvalue weighted by atomic mass is 10.1. The molecule has 0 saturated carbocycles. The first-order valence-electron chi connectivity index (χ1n) is 9.02. The van der Waals surface area contributed by atoms with Crippen molar-refractivity contribution in [2.24, 2.45) is 4.99 Å². The summed E-state index contributed by atoms with van der Waals surface area (Å²) in [5.74, 6) is 0.799. The second kappa shape index (κ2) is 8.18. The van der Waals surface area contributed by atoms with Gasteiger partial charge in [-0.1, -0.05) is 23.7 Å². The molecule has 2 aliphatic rings. The van der Waals surface area contributed by atoms with Gasteiger partial charge in [0.1, 0.15) is 12.1 Å². The van der Waals surface area contributed by atoms with Gasteiger partial charge in [0.05, 0.1) is 11.4 Å². The standard InChI is InChI=1S/C20H21ClN4O3/c1-24-8-9-25(19(11-24)28-13-27-12-26)20-15-4-2-3-5-16(15)22-17-7-6-14(21)10-18(17)23-20/h2-7,10,12,19,22H,8-9,11,13H2,1H3. The van der Waals surface area contributed by atoms with E-state index in [4.69, 9.17) is 26.1 Å². The molecule has 2 heterocycles. The van der Waals surface area contributed by atoms with E-state index in [1.807, 2.05) is 49.5 Å². The molecule has 0 amide bonds. The van der Waals surface area contributed by atoms with Crippen LogP contribution in [0.15, 0.2) is 47.5 Å². The minimum absolute atomic E-state index is 0.103. The quantitative estimate of drug-likeness (QED) is 0.483. The number of carbonyl (C=O) groups excluding carboxylic acids is 1. The number of hydrogen-bond acceptors (Lipinski definition) is 7. The summed E-state index contributed by atoms with van der Waals surface area (Å²) in [5.41, 5.74) is 3.59. The number of anilines is 2. The minimum Gasteiger partial charge on any atom is -0.441 e. The molecule has 0 aliphatic carbocycles. The van der Waals surface area contributed by atoms with Crippen molar-refractivity contribution in [3.8, 4) is 0 Å². The number of piperazine rings is 1. The van der Waals surface area contributed by atoms with E-state index in [0.29, 0.717) is 18.0 Å². The number of benzene rings is 2. The van der Waals surface area contributed by atoms with Crippen LogP contribution in [0.4, 0.5) is 17.1 Å². The molecule has 2 aliphatic heterocycles. The van der Waals surface area contributed by atoms with Crippen molar-refractivity contribution in [2.75, 3.05) is 38.8 Å². The topological polar surface area (TPSA) is 66.4 Å². The SMILES string of the molecule is CN1CCN(C2=Nc3cc(Cl)ccc3Nc3ccccc32)C(OCOC=O)C1. The maximum absolute atomic E-state index is 10.5. The summed E-state index contributed by atoms with van der Waals surface area (Å²) in [5, 5.41) is 4.08. The predicted molar refractivity (Wildman–Crippen MR) is 108 cm³/mol. The van der Waals surface area contributed by atoms with Crippen LogP contribution in [0.3, 0.4) is 0 Å². The van der Waals surface area contributed by atoms with E-state index in [-0.39, 0.29) is 13.0 Å². The van der Waals surface area contributed by atoms with Crippen LogP contribution in [0.5, 0.6) is 0 Å². The normalized spacial score (nSPS) is 19.0. The molecule has 0 bridgehead atoms. The van der Waals surface area contributed by atoms with Crippen LogP contribution in [-0.2, 0) is 14.3 Å². The number of aliphatic imine (C=N–C) groups is 1.